The van der Waals surface area contributed by atoms with Crippen LogP contribution >= 0.6 is 0 Å². The van der Waals surface area contributed by atoms with Crippen LogP contribution in [0.5, 0.6) is 0 Å². The van der Waals surface area contributed by atoms with Crippen molar-refractivity contribution in [1.82, 2.24) is 19.5 Å². The number of aromatic nitrogens is 4. The van der Waals surface area contributed by atoms with Gasteiger partial charge in [-0.25, -0.2) is 14.8 Å². The molecule has 22 heavy (non-hydrogen) atoms. The molecule has 1 aliphatic heterocycles. The Kier molecular flexibility index (Phi) is 3.90. The molecular weight excluding hydrogens is 284 g/mol. The number of H-pyrrole nitrogens is 1. The molecule has 0 aliphatic carbocycles. The normalized spacial score (nSPS) is 15.8. The maximum atomic E-state index is 11.7. The number of nitrogens with one attached hydrogen (secondary N) is 2. The van der Waals surface area contributed by atoms with E-state index in [-0.39, 0.29) is 11.2 Å². The van der Waals surface area contributed by atoms with Gasteiger partial charge in [-0.3, -0.25) is 14.3 Å². The Morgan fingerprint density at radius 1 is 1.32 bits per heavy atom. The third-order valence-corrected chi connectivity index (χ3v) is 3.90. The quantitative estimate of drug-likeness (QED) is 0.825. The number of rotatable bonds is 3. The molecule has 0 bridgehead atoms. The van der Waals surface area contributed by atoms with E-state index in [0.717, 1.165) is 36.3 Å². The van der Waals surface area contributed by atoms with Gasteiger partial charge in [0.25, 0.3) is 5.56 Å². The number of aromatic amines is 1. The summed E-state index contributed by atoms with van der Waals surface area (Å²) in [6, 6.07) is 3.63. The second-order valence-corrected chi connectivity index (χ2v) is 5.36. The van der Waals surface area contributed by atoms with E-state index < -0.39 is 0 Å². The highest BCUT2D eigenvalue weighted by molar-refractivity contribution is 5.39. The second kappa shape index (κ2) is 6.00. The highest BCUT2D eigenvalue weighted by Crippen LogP contribution is 2.18. The van der Waals surface area contributed by atoms with E-state index in [0.29, 0.717) is 11.9 Å². The van der Waals surface area contributed by atoms with Gasteiger partial charge >= 0.3 is 5.69 Å². The molecule has 2 N–H and O–H groups in total. The molecule has 0 radical (unpaired) electrons. The van der Waals surface area contributed by atoms with Crippen LogP contribution in [0.25, 0.3) is 0 Å². The van der Waals surface area contributed by atoms with Crippen molar-refractivity contribution in [3.05, 3.63) is 45.5 Å². The van der Waals surface area contributed by atoms with Gasteiger partial charge in [0.05, 0.1) is 0 Å². The van der Waals surface area contributed by atoms with Crippen LogP contribution in [-0.4, -0.2) is 38.7 Å². The maximum Gasteiger partial charge on any atom is 0.329 e. The molecule has 0 atom stereocenters. The number of piperidine rings is 1. The number of hydrogen-bond donors (Lipinski definition) is 2. The zero-order valence-corrected chi connectivity index (χ0v) is 12.3. The summed E-state index contributed by atoms with van der Waals surface area (Å²) in [5.74, 6) is 1.41. The maximum absolute atomic E-state index is 11.7. The molecule has 2 aromatic rings. The summed E-state index contributed by atoms with van der Waals surface area (Å²) in [4.78, 5) is 36.2. The number of nitrogens with zero attached hydrogens (tertiary/aromatic N) is 4. The van der Waals surface area contributed by atoms with E-state index in [1.54, 1.807) is 6.20 Å². The molecule has 116 valence electrons. The van der Waals surface area contributed by atoms with Crippen molar-refractivity contribution in [2.24, 2.45) is 7.05 Å². The van der Waals surface area contributed by atoms with Gasteiger partial charge in [-0.2, -0.15) is 0 Å². The molecule has 1 aliphatic rings. The molecule has 0 saturated carbocycles. The van der Waals surface area contributed by atoms with Crippen molar-refractivity contribution >= 4 is 11.6 Å². The lowest BCUT2D eigenvalue weighted by Crippen LogP contribution is -2.42. The van der Waals surface area contributed by atoms with Crippen molar-refractivity contribution in [3.63, 3.8) is 0 Å². The van der Waals surface area contributed by atoms with Crippen LogP contribution in [0.1, 0.15) is 12.8 Å². The van der Waals surface area contributed by atoms with Crippen molar-refractivity contribution in [2.75, 3.05) is 23.3 Å². The molecule has 1 saturated heterocycles. The highest BCUT2D eigenvalue weighted by atomic mass is 16.2. The van der Waals surface area contributed by atoms with E-state index in [9.17, 15) is 9.59 Å². The first-order valence-corrected chi connectivity index (χ1v) is 7.21. The van der Waals surface area contributed by atoms with E-state index in [1.807, 2.05) is 11.0 Å². The highest BCUT2D eigenvalue weighted by Gasteiger charge is 2.20. The Morgan fingerprint density at radius 2 is 2.09 bits per heavy atom. The van der Waals surface area contributed by atoms with E-state index in [2.05, 4.69) is 20.3 Å². The lowest BCUT2D eigenvalue weighted by molar-refractivity contribution is 0.520. The predicted molar refractivity (Wildman–Crippen MR) is 83.2 cm³/mol. The van der Waals surface area contributed by atoms with Gasteiger partial charge < -0.3 is 10.2 Å². The lowest BCUT2D eigenvalue weighted by Gasteiger charge is -2.33. The molecule has 0 amide bonds. The van der Waals surface area contributed by atoms with E-state index in [1.165, 1.54) is 19.4 Å². The Balaban J connectivity index is 1.65. The van der Waals surface area contributed by atoms with Crippen molar-refractivity contribution in [3.8, 4) is 0 Å². The minimum absolute atomic E-state index is 0.292. The fourth-order valence-electron chi connectivity index (χ4n) is 2.56. The average molecular weight is 302 g/mol. The van der Waals surface area contributed by atoms with Crippen LogP contribution in [0.3, 0.4) is 0 Å². The summed E-state index contributed by atoms with van der Waals surface area (Å²) in [5.41, 5.74) is -0.677. The predicted octanol–water partition coefficient (Wildman–Crippen LogP) is -0.0555. The summed E-state index contributed by atoms with van der Waals surface area (Å²) in [6.45, 7) is 1.54. The van der Waals surface area contributed by atoms with E-state index >= 15 is 0 Å². The molecule has 0 aromatic carbocycles. The van der Waals surface area contributed by atoms with Gasteiger partial charge in [0.15, 0.2) is 0 Å². The Bertz CT molecular complexity index is 715. The third-order valence-electron chi connectivity index (χ3n) is 3.90. The number of hydrogen-bond acceptors (Lipinski definition) is 6. The topological polar surface area (TPSA) is 95.9 Å². The number of anilines is 2. The van der Waals surface area contributed by atoms with Gasteiger partial charge in [0.2, 0.25) is 0 Å². The van der Waals surface area contributed by atoms with Gasteiger partial charge in [-0.05, 0) is 18.9 Å². The Hall–Kier alpha value is -2.64. The molecule has 0 spiro atoms. The van der Waals surface area contributed by atoms with Crippen LogP contribution < -0.4 is 21.5 Å². The summed E-state index contributed by atoms with van der Waals surface area (Å²) < 4.78 is 1.06. The van der Waals surface area contributed by atoms with Gasteiger partial charge in [-0.15, -0.1) is 0 Å². The van der Waals surface area contributed by atoms with Crippen LogP contribution in [0, 0.1) is 0 Å². The second-order valence-electron chi connectivity index (χ2n) is 5.36. The minimum atomic E-state index is -0.385. The monoisotopic (exact) mass is 302 g/mol. The average Bonchev–Trinajstić information content (AvgIpc) is 2.54. The first-order chi connectivity index (χ1) is 10.6. The van der Waals surface area contributed by atoms with Crippen molar-refractivity contribution < 1.29 is 0 Å². The summed E-state index contributed by atoms with van der Waals surface area (Å²) >= 11 is 0. The largest absolute Gasteiger partial charge is 0.367 e. The SMILES string of the molecule is Cn1c(=O)cc(N2CCC(Nc3ccncn3)CC2)[nH]c1=O. The van der Waals surface area contributed by atoms with Crippen LogP contribution in [0.2, 0.25) is 0 Å². The first-order valence-electron chi connectivity index (χ1n) is 7.21. The smallest absolute Gasteiger partial charge is 0.329 e. The molecule has 1 fully saturated rings. The molecule has 3 rings (SSSR count). The minimum Gasteiger partial charge on any atom is -0.367 e. The first kappa shape index (κ1) is 14.3. The lowest BCUT2D eigenvalue weighted by atomic mass is 10.1. The van der Waals surface area contributed by atoms with Crippen LogP contribution in [0.4, 0.5) is 11.6 Å². The summed E-state index contributed by atoms with van der Waals surface area (Å²) in [7, 11) is 1.46. The molecule has 3 heterocycles. The molecule has 0 unspecified atom stereocenters. The molecular formula is C14H18N6O2. The van der Waals surface area contributed by atoms with Gasteiger partial charge in [0, 0.05) is 38.4 Å². The Labute approximate surface area is 126 Å². The molecule has 8 heteroatoms. The Morgan fingerprint density at radius 3 is 2.73 bits per heavy atom. The van der Waals surface area contributed by atoms with Gasteiger partial charge in [0.1, 0.15) is 18.0 Å². The standard InChI is InChI=1S/C14H18N6O2/c1-19-13(21)8-12(18-14(19)22)20-6-3-10(4-7-20)17-11-2-5-15-9-16-11/h2,5,8-10H,3-4,6-7H2,1H3,(H,18,22)(H,15,16,17). The van der Waals surface area contributed by atoms with Crippen LogP contribution in [-0.2, 0) is 7.05 Å². The third kappa shape index (κ3) is 3.00. The summed E-state index contributed by atoms with van der Waals surface area (Å²) in [6.07, 6.45) is 5.03. The zero-order valence-electron chi connectivity index (χ0n) is 12.3. The molecule has 2 aromatic heterocycles. The molecule has 8 nitrogen and oxygen atoms in total. The zero-order chi connectivity index (χ0) is 15.5. The van der Waals surface area contributed by atoms with Crippen molar-refractivity contribution in [1.29, 1.82) is 0 Å². The summed E-state index contributed by atoms with van der Waals surface area (Å²) in [5, 5.41) is 3.37. The van der Waals surface area contributed by atoms with Crippen molar-refractivity contribution in [2.45, 2.75) is 18.9 Å². The van der Waals surface area contributed by atoms with Gasteiger partial charge in [-0.1, -0.05) is 0 Å². The fourth-order valence-corrected chi connectivity index (χ4v) is 2.56. The van der Waals surface area contributed by atoms with E-state index in [4.69, 9.17) is 0 Å². The fraction of sp³-hybridized carbons (Fsp3) is 0.429. The van der Waals surface area contributed by atoms with Crippen LogP contribution in [0.15, 0.2) is 34.2 Å².